The number of phenolic OH excluding ortho intramolecular Hbond substituents is 1. The number of halogens is 2. The summed E-state index contributed by atoms with van der Waals surface area (Å²) in [6.45, 7) is 1.78. The molecule has 3 atom stereocenters. The number of methoxy groups -OCH3 is 2. The minimum Gasteiger partial charge on any atom is -0.507 e. The van der Waals surface area contributed by atoms with Gasteiger partial charge in [-0.25, -0.2) is 9.59 Å². The van der Waals surface area contributed by atoms with Crippen molar-refractivity contribution in [2.24, 2.45) is 0 Å². The van der Waals surface area contributed by atoms with Gasteiger partial charge in [-0.2, -0.15) is 0 Å². The summed E-state index contributed by atoms with van der Waals surface area (Å²) in [6, 6.07) is 8.65. The van der Waals surface area contributed by atoms with Crippen molar-refractivity contribution in [2.45, 2.75) is 29.7 Å². The maximum absolute atomic E-state index is 12.2. The topological polar surface area (TPSA) is 91.3 Å². The van der Waals surface area contributed by atoms with E-state index in [2.05, 4.69) is 31.9 Å². The zero-order chi connectivity index (χ0) is 20.6. The van der Waals surface area contributed by atoms with Crippen LogP contribution in [0.1, 0.15) is 12.5 Å². The first-order chi connectivity index (χ1) is 13.2. The molecular weight excluding hydrogens is 500 g/mol. The van der Waals surface area contributed by atoms with Crippen LogP contribution in [0.25, 0.3) is 10.8 Å². The maximum atomic E-state index is 12.2. The van der Waals surface area contributed by atoms with Crippen LogP contribution >= 0.6 is 31.9 Å². The Kier molecular flexibility index (Phi) is 6.00. The number of fused-ring (bicyclic) bond motifs is 1. The Balaban J connectivity index is 2.12. The molecule has 1 aliphatic heterocycles. The Morgan fingerprint density at radius 1 is 1.11 bits per heavy atom. The molecule has 9 heteroatoms. The van der Waals surface area contributed by atoms with Gasteiger partial charge >= 0.3 is 11.9 Å². The molecule has 0 radical (unpaired) electrons. The van der Waals surface area contributed by atoms with Gasteiger partial charge < -0.3 is 24.1 Å². The van der Waals surface area contributed by atoms with E-state index in [0.717, 1.165) is 10.8 Å². The summed E-state index contributed by atoms with van der Waals surface area (Å²) in [5.41, 5.74) is 0.585. The van der Waals surface area contributed by atoms with Crippen molar-refractivity contribution in [2.75, 3.05) is 14.2 Å². The molecule has 150 valence electrons. The van der Waals surface area contributed by atoms with E-state index in [0.29, 0.717) is 10.0 Å². The van der Waals surface area contributed by atoms with E-state index >= 15 is 0 Å². The number of carbonyl (C=O) groups is 2. The minimum absolute atomic E-state index is 0.119. The molecule has 28 heavy (non-hydrogen) atoms. The number of benzene rings is 2. The predicted octanol–water partition coefficient (Wildman–Crippen LogP) is 3.37. The number of aromatic hydroxyl groups is 1. The first-order valence-corrected chi connectivity index (χ1v) is 10.0. The Hall–Kier alpha value is -1.68. The zero-order valence-electron chi connectivity index (χ0n) is 15.3. The van der Waals surface area contributed by atoms with Crippen LogP contribution in [-0.4, -0.2) is 48.3 Å². The number of hydrogen-bond acceptors (Lipinski definition) is 7. The molecule has 1 aliphatic rings. The molecule has 0 aliphatic carbocycles. The first-order valence-electron chi connectivity index (χ1n) is 8.32. The number of esters is 2. The van der Waals surface area contributed by atoms with E-state index in [4.69, 9.17) is 18.9 Å². The number of carbonyl (C=O) groups excluding carboxylic acids is 2. The van der Waals surface area contributed by atoms with E-state index in [1.165, 1.54) is 14.2 Å². The SMILES string of the molecule is COC(=O)[C@@H]1OC(c2ccc3c(Br)c(O)ccc3c2)(C(C)Br)O[C@H]1C(=O)OC. The standard InChI is InChI=1S/C19H18Br2O7/c1-9(20)19(27-15(17(23)25-2)16(28-19)18(24)26-3)11-5-6-12-10(8-11)4-7-13(22)14(12)21/h4-9,15-16,22H,1-3H3/t9?,15-,16-/m1/s1. The third-order valence-corrected chi connectivity index (χ3v) is 6.04. The summed E-state index contributed by atoms with van der Waals surface area (Å²) in [7, 11) is 2.41. The largest absolute Gasteiger partial charge is 0.507 e. The second-order valence-electron chi connectivity index (χ2n) is 6.24. The molecule has 1 heterocycles. The van der Waals surface area contributed by atoms with Crippen LogP contribution < -0.4 is 0 Å². The van der Waals surface area contributed by atoms with Crippen LogP contribution in [-0.2, 0) is 34.3 Å². The zero-order valence-corrected chi connectivity index (χ0v) is 18.4. The number of phenols is 1. The van der Waals surface area contributed by atoms with E-state index in [-0.39, 0.29) is 5.75 Å². The average Bonchev–Trinajstić information content (AvgIpc) is 3.11. The van der Waals surface area contributed by atoms with Gasteiger partial charge in [0.1, 0.15) is 5.75 Å². The lowest BCUT2D eigenvalue weighted by Gasteiger charge is -2.31. The van der Waals surface area contributed by atoms with Crippen LogP contribution in [0, 0.1) is 0 Å². The molecule has 0 bridgehead atoms. The van der Waals surface area contributed by atoms with Gasteiger partial charge in [0.25, 0.3) is 0 Å². The molecule has 0 spiro atoms. The Morgan fingerprint density at radius 3 is 2.18 bits per heavy atom. The van der Waals surface area contributed by atoms with Gasteiger partial charge in [-0.1, -0.05) is 34.1 Å². The normalized spacial score (nSPS) is 22.0. The molecule has 1 N–H and O–H groups in total. The Labute approximate surface area is 178 Å². The summed E-state index contributed by atoms with van der Waals surface area (Å²) < 4.78 is 22.1. The predicted molar refractivity (Wildman–Crippen MR) is 107 cm³/mol. The number of rotatable bonds is 4. The van der Waals surface area contributed by atoms with Gasteiger partial charge in [0.05, 0.1) is 23.5 Å². The van der Waals surface area contributed by atoms with Crippen molar-refractivity contribution in [3.8, 4) is 5.75 Å². The van der Waals surface area contributed by atoms with E-state index in [9.17, 15) is 14.7 Å². The van der Waals surface area contributed by atoms with Crippen LogP contribution in [0.4, 0.5) is 0 Å². The number of hydrogen-bond donors (Lipinski definition) is 1. The van der Waals surface area contributed by atoms with Crippen molar-refractivity contribution in [1.29, 1.82) is 0 Å². The molecule has 2 aromatic rings. The van der Waals surface area contributed by atoms with E-state index in [1.54, 1.807) is 31.2 Å². The summed E-state index contributed by atoms with van der Waals surface area (Å²) in [6.07, 6.45) is -2.56. The average molecular weight is 518 g/mol. The highest BCUT2D eigenvalue weighted by Crippen LogP contribution is 2.45. The molecule has 1 saturated heterocycles. The second-order valence-corrected chi connectivity index (χ2v) is 8.41. The van der Waals surface area contributed by atoms with Gasteiger partial charge in [0.2, 0.25) is 5.79 Å². The molecule has 0 saturated carbocycles. The van der Waals surface area contributed by atoms with Crippen molar-refractivity contribution in [1.82, 2.24) is 0 Å². The Morgan fingerprint density at radius 2 is 1.68 bits per heavy atom. The summed E-state index contributed by atoms with van der Waals surface area (Å²) in [5, 5.41) is 11.5. The lowest BCUT2D eigenvalue weighted by molar-refractivity contribution is -0.192. The molecular formula is C19H18Br2O7. The number of ether oxygens (including phenoxy) is 4. The first kappa shape index (κ1) is 21.0. The monoisotopic (exact) mass is 516 g/mol. The molecule has 3 rings (SSSR count). The van der Waals surface area contributed by atoms with Crippen LogP contribution in [0.15, 0.2) is 34.8 Å². The van der Waals surface area contributed by atoms with Crippen LogP contribution in [0.5, 0.6) is 5.75 Å². The molecule has 1 fully saturated rings. The third kappa shape index (κ3) is 3.41. The summed E-state index contributed by atoms with van der Waals surface area (Å²) in [5.74, 6) is -2.79. The van der Waals surface area contributed by atoms with Crippen molar-refractivity contribution in [3.63, 3.8) is 0 Å². The third-order valence-electron chi connectivity index (χ3n) is 4.61. The van der Waals surface area contributed by atoms with Gasteiger partial charge in [-0.3, -0.25) is 0 Å². The highest BCUT2D eigenvalue weighted by atomic mass is 79.9. The number of alkyl halides is 1. The lowest BCUT2D eigenvalue weighted by atomic mass is 9.99. The van der Waals surface area contributed by atoms with Crippen LogP contribution in [0.3, 0.4) is 0 Å². The summed E-state index contributed by atoms with van der Waals surface area (Å²) >= 11 is 6.84. The van der Waals surface area contributed by atoms with Crippen molar-refractivity contribution < 1.29 is 33.6 Å². The molecule has 0 amide bonds. The fourth-order valence-electron chi connectivity index (χ4n) is 3.15. The molecule has 1 unspecified atom stereocenters. The smallest absolute Gasteiger partial charge is 0.338 e. The molecule has 7 nitrogen and oxygen atoms in total. The van der Waals surface area contributed by atoms with Gasteiger partial charge in [-0.15, -0.1) is 0 Å². The highest BCUT2D eigenvalue weighted by molar-refractivity contribution is 9.10. The summed E-state index contributed by atoms with van der Waals surface area (Å²) in [4.78, 5) is 24.0. The fraction of sp³-hybridized carbons (Fsp3) is 0.368. The van der Waals surface area contributed by atoms with Gasteiger partial charge in [-0.05, 0) is 45.8 Å². The highest BCUT2D eigenvalue weighted by Gasteiger charge is 2.57. The van der Waals surface area contributed by atoms with Crippen molar-refractivity contribution >= 4 is 54.6 Å². The molecule has 2 aromatic carbocycles. The maximum Gasteiger partial charge on any atom is 0.338 e. The van der Waals surface area contributed by atoms with E-state index in [1.807, 2.05) is 6.07 Å². The van der Waals surface area contributed by atoms with Crippen molar-refractivity contribution in [3.05, 3.63) is 40.4 Å². The second kappa shape index (κ2) is 7.98. The van der Waals surface area contributed by atoms with Gasteiger partial charge in [0.15, 0.2) is 12.2 Å². The Bertz CT molecular complexity index is 904. The lowest BCUT2D eigenvalue weighted by Crippen LogP contribution is -2.38. The van der Waals surface area contributed by atoms with Gasteiger partial charge in [0, 0.05) is 5.56 Å². The molecule has 0 aromatic heterocycles. The van der Waals surface area contributed by atoms with E-state index < -0.39 is 34.8 Å². The van der Waals surface area contributed by atoms with Crippen LogP contribution in [0.2, 0.25) is 0 Å². The minimum atomic E-state index is -1.43. The fourth-order valence-corrected chi connectivity index (χ4v) is 4.13. The quantitative estimate of drug-likeness (QED) is 0.491.